The Hall–Kier alpha value is -4.23. The van der Waals surface area contributed by atoms with E-state index in [4.69, 9.17) is 14.2 Å². The second-order valence-corrected chi connectivity index (χ2v) is 9.86. The van der Waals surface area contributed by atoms with E-state index in [1.807, 2.05) is 79.7 Å². The van der Waals surface area contributed by atoms with Gasteiger partial charge >= 0.3 is 0 Å². The second kappa shape index (κ2) is 11.4. The van der Waals surface area contributed by atoms with Crippen LogP contribution in [0.1, 0.15) is 16.7 Å². The fourth-order valence-electron chi connectivity index (χ4n) is 4.15. The molecule has 0 unspecified atom stereocenters. The lowest BCUT2D eigenvalue weighted by atomic mass is 10.1. The molecular formula is C31H27NO5S. The standard InChI is InChI=1S/C31H27NO5S/c1-21-7-12-26(13-8-21)36-15-16-37-27-14-10-22(18-28(27)35-2)19-29-30(33)32(31(34)38-29)20-23-9-11-24-5-3-4-6-25(24)17-23/h3-14,17-19H,15-16,20H2,1-2H3/b29-19-. The van der Waals surface area contributed by atoms with Gasteiger partial charge in [-0.3, -0.25) is 14.5 Å². The summed E-state index contributed by atoms with van der Waals surface area (Å²) < 4.78 is 17.1. The first-order valence-corrected chi connectivity index (χ1v) is 13.1. The lowest BCUT2D eigenvalue weighted by Gasteiger charge is -2.13. The number of nitrogens with zero attached hydrogens (tertiary/aromatic N) is 1. The zero-order chi connectivity index (χ0) is 26.5. The number of amides is 2. The Morgan fingerprint density at radius 2 is 1.58 bits per heavy atom. The Morgan fingerprint density at radius 1 is 0.816 bits per heavy atom. The zero-order valence-corrected chi connectivity index (χ0v) is 22.0. The number of hydrogen-bond donors (Lipinski definition) is 0. The first-order valence-electron chi connectivity index (χ1n) is 12.2. The molecule has 38 heavy (non-hydrogen) atoms. The molecule has 6 nitrogen and oxygen atoms in total. The average molecular weight is 526 g/mol. The summed E-state index contributed by atoms with van der Waals surface area (Å²) in [6.07, 6.45) is 1.71. The highest BCUT2D eigenvalue weighted by Gasteiger charge is 2.35. The number of fused-ring (bicyclic) bond motifs is 1. The van der Waals surface area contributed by atoms with Crippen LogP contribution in [0.5, 0.6) is 17.2 Å². The maximum absolute atomic E-state index is 13.1. The molecule has 0 atom stereocenters. The van der Waals surface area contributed by atoms with E-state index in [1.165, 1.54) is 10.5 Å². The van der Waals surface area contributed by atoms with Crippen molar-refractivity contribution < 1.29 is 23.8 Å². The molecule has 1 fully saturated rings. The van der Waals surface area contributed by atoms with Crippen molar-refractivity contribution in [1.82, 2.24) is 4.90 Å². The maximum Gasteiger partial charge on any atom is 0.293 e. The van der Waals surface area contributed by atoms with Gasteiger partial charge in [-0.2, -0.15) is 0 Å². The molecule has 1 heterocycles. The number of benzene rings is 4. The van der Waals surface area contributed by atoms with Gasteiger partial charge in [-0.25, -0.2) is 0 Å². The SMILES string of the molecule is COc1cc(/C=C2\SC(=O)N(Cc3ccc4ccccc4c3)C2=O)ccc1OCCOc1ccc(C)cc1. The Bertz CT molecular complexity index is 1510. The van der Waals surface area contributed by atoms with Gasteiger partial charge in [0.25, 0.3) is 11.1 Å². The summed E-state index contributed by atoms with van der Waals surface area (Å²) in [6.45, 7) is 2.99. The summed E-state index contributed by atoms with van der Waals surface area (Å²) in [5, 5.41) is 1.91. The molecule has 0 radical (unpaired) electrons. The number of imide groups is 1. The first kappa shape index (κ1) is 25.4. The smallest absolute Gasteiger partial charge is 0.293 e. The largest absolute Gasteiger partial charge is 0.493 e. The minimum Gasteiger partial charge on any atom is -0.493 e. The highest BCUT2D eigenvalue weighted by molar-refractivity contribution is 8.18. The highest BCUT2D eigenvalue weighted by Crippen LogP contribution is 2.35. The molecule has 0 aromatic heterocycles. The number of aryl methyl sites for hydroxylation is 1. The topological polar surface area (TPSA) is 65.1 Å². The van der Waals surface area contributed by atoms with Crippen LogP contribution in [-0.2, 0) is 11.3 Å². The van der Waals surface area contributed by atoms with Gasteiger partial charge in [-0.1, -0.05) is 60.2 Å². The van der Waals surface area contributed by atoms with E-state index in [0.29, 0.717) is 29.6 Å². The van der Waals surface area contributed by atoms with E-state index in [2.05, 4.69) is 0 Å². The van der Waals surface area contributed by atoms with Gasteiger partial charge < -0.3 is 14.2 Å². The number of thioether (sulfide) groups is 1. The molecule has 0 spiro atoms. The van der Waals surface area contributed by atoms with Gasteiger partial charge in [0.15, 0.2) is 11.5 Å². The molecule has 7 heteroatoms. The summed E-state index contributed by atoms with van der Waals surface area (Å²) in [7, 11) is 1.56. The van der Waals surface area contributed by atoms with Crippen molar-refractivity contribution in [2.24, 2.45) is 0 Å². The van der Waals surface area contributed by atoms with Crippen molar-refractivity contribution in [3.63, 3.8) is 0 Å². The van der Waals surface area contributed by atoms with E-state index in [1.54, 1.807) is 25.3 Å². The quantitative estimate of drug-likeness (QED) is 0.176. The third-order valence-electron chi connectivity index (χ3n) is 6.14. The number of rotatable bonds is 9. The van der Waals surface area contributed by atoms with Crippen molar-refractivity contribution in [3.8, 4) is 17.2 Å². The van der Waals surface area contributed by atoms with Crippen molar-refractivity contribution >= 4 is 39.8 Å². The number of carbonyl (C=O) groups is 2. The third-order valence-corrected chi connectivity index (χ3v) is 7.05. The molecule has 192 valence electrons. The van der Waals surface area contributed by atoms with E-state index < -0.39 is 0 Å². The summed E-state index contributed by atoms with van der Waals surface area (Å²) in [6, 6.07) is 27.2. The highest BCUT2D eigenvalue weighted by atomic mass is 32.2. The fourth-order valence-corrected chi connectivity index (χ4v) is 4.98. The molecule has 4 aromatic carbocycles. The average Bonchev–Trinajstić information content (AvgIpc) is 3.19. The van der Waals surface area contributed by atoms with E-state index >= 15 is 0 Å². The van der Waals surface area contributed by atoms with Crippen LogP contribution in [0, 0.1) is 6.92 Å². The van der Waals surface area contributed by atoms with Crippen molar-refractivity contribution in [3.05, 3.63) is 107 Å². The Balaban J connectivity index is 1.23. The van der Waals surface area contributed by atoms with Crippen LogP contribution in [0.3, 0.4) is 0 Å². The predicted octanol–water partition coefficient (Wildman–Crippen LogP) is 6.85. The third kappa shape index (κ3) is 5.84. The molecule has 4 aromatic rings. The lowest BCUT2D eigenvalue weighted by molar-refractivity contribution is -0.123. The van der Waals surface area contributed by atoms with Crippen LogP contribution < -0.4 is 14.2 Å². The normalized spacial score (nSPS) is 14.4. The van der Waals surface area contributed by atoms with Gasteiger partial charge in [0.2, 0.25) is 0 Å². The van der Waals surface area contributed by atoms with Crippen LogP contribution in [0.25, 0.3) is 16.8 Å². The van der Waals surface area contributed by atoms with Gasteiger partial charge in [-0.05, 0) is 77.0 Å². The number of carbonyl (C=O) groups excluding carboxylic acids is 2. The van der Waals surface area contributed by atoms with E-state index in [0.717, 1.165) is 39.4 Å². The summed E-state index contributed by atoms with van der Waals surface area (Å²) in [5.74, 6) is 1.59. The van der Waals surface area contributed by atoms with Crippen LogP contribution in [0.2, 0.25) is 0 Å². The van der Waals surface area contributed by atoms with Gasteiger partial charge in [-0.15, -0.1) is 0 Å². The molecule has 0 bridgehead atoms. The second-order valence-electron chi connectivity index (χ2n) is 8.87. The van der Waals surface area contributed by atoms with Crippen molar-refractivity contribution in [2.45, 2.75) is 13.5 Å². The first-order chi connectivity index (χ1) is 18.5. The van der Waals surface area contributed by atoms with Gasteiger partial charge in [0, 0.05) is 0 Å². The fraction of sp³-hybridized carbons (Fsp3) is 0.161. The summed E-state index contributed by atoms with van der Waals surface area (Å²) >= 11 is 0.943. The number of hydrogen-bond acceptors (Lipinski definition) is 6. The van der Waals surface area contributed by atoms with Gasteiger partial charge in [0.05, 0.1) is 18.6 Å². The predicted molar refractivity (Wildman–Crippen MR) is 151 cm³/mol. The molecule has 5 rings (SSSR count). The summed E-state index contributed by atoms with van der Waals surface area (Å²) in [5.41, 5.74) is 2.82. The van der Waals surface area contributed by atoms with Crippen LogP contribution in [0.15, 0.2) is 89.8 Å². The van der Waals surface area contributed by atoms with Crippen molar-refractivity contribution in [2.75, 3.05) is 20.3 Å². The molecule has 1 aliphatic rings. The van der Waals surface area contributed by atoms with E-state index in [9.17, 15) is 9.59 Å². The van der Waals surface area contributed by atoms with Gasteiger partial charge in [0.1, 0.15) is 19.0 Å². The number of ether oxygens (including phenoxy) is 3. The maximum atomic E-state index is 13.1. The molecule has 1 saturated heterocycles. The van der Waals surface area contributed by atoms with E-state index in [-0.39, 0.29) is 17.7 Å². The molecule has 0 N–H and O–H groups in total. The molecule has 1 aliphatic heterocycles. The molecule has 0 aliphatic carbocycles. The minimum atomic E-state index is -0.305. The Morgan fingerprint density at radius 3 is 2.37 bits per heavy atom. The monoisotopic (exact) mass is 525 g/mol. The Kier molecular flexibility index (Phi) is 7.65. The minimum absolute atomic E-state index is 0.230. The van der Waals surface area contributed by atoms with Crippen molar-refractivity contribution in [1.29, 1.82) is 0 Å². The summed E-state index contributed by atoms with van der Waals surface area (Å²) in [4.78, 5) is 27.4. The molecule has 2 amide bonds. The molecule has 0 saturated carbocycles. The van der Waals surface area contributed by atoms with Crippen LogP contribution in [0.4, 0.5) is 4.79 Å². The lowest BCUT2D eigenvalue weighted by Crippen LogP contribution is -2.27. The van der Waals surface area contributed by atoms with Crippen LogP contribution >= 0.6 is 11.8 Å². The van der Waals surface area contributed by atoms with Crippen LogP contribution in [-0.4, -0.2) is 36.4 Å². The zero-order valence-electron chi connectivity index (χ0n) is 21.2. The number of methoxy groups -OCH3 is 1. The molecular weight excluding hydrogens is 498 g/mol. The Labute approximate surface area is 225 Å².